The summed E-state index contributed by atoms with van der Waals surface area (Å²) >= 11 is 1.50. The highest BCUT2D eigenvalue weighted by atomic mass is 32.1. The van der Waals surface area contributed by atoms with E-state index in [0.717, 1.165) is 16.3 Å². The number of rotatable bonds is 6. The van der Waals surface area contributed by atoms with Crippen LogP contribution in [0.2, 0.25) is 0 Å². The van der Waals surface area contributed by atoms with Gasteiger partial charge in [-0.25, -0.2) is 9.78 Å². The molecule has 0 fully saturated rings. The standard InChI is InChI=1S/C16H20N4O2S/c1-11-10-23-15(19-11)12(2)20-16(22)18-9-14(21)17-8-13-6-4-3-5-7-13/h3-7,10,12H,8-9H2,1-2H3,(H,17,21)(H2,18,20,22)/t12-/m0/s1. The minimum atomic E-state index is -0.389. The zero-order valence-electron chi connectivity index (χ0n) is 13.1. The lowest BCUT2D eigenvalue weighted by molar-refractivity contribution is -0.120. The molecule has 1 aromatic heterocycles. The highest BCUT2D eigenvalue weighted by molar-refractivity contribution is 7.09. The number of aryl methyl sites for hydroxylation is 1. The van der Waals surface area contributed by atoms with E-state index in [-0.39, 0.29) is 24.5 Å². The van der Waals surface area contributed by atoms with Crippen molar-refractivity contribution in [2.75, 3.05) is 6.54 Å². The van der Waals surface area contributed by atoms with Crippen molar-refractivity contribution in [3.8, 4) is 0 Å². The number of benzene rings is 1. The minimum Gasteiger partial charge on any atom is -0.350 e. The number of aromatic nitrogens is 1. The van der Waals surface area contributed by atoms with Crippen molar-refractivity contribution < 1.29 is 9.59 Å². The second kappa shape index (κ2) is 8.28. The van der Waals surface area contributed by atoms with Crippen molar-refractivity contribution in [1.82, 2.24) is 20.9 Å². The van der Waals surface area contributed by atoms with E-state index in [1.807, 2.05) is 49.6 Å². The first kappa shape index (κ1) is 17.0. The number of hydrogen-bond acceptors (Lipinski definition) is 4. The zero-order chi connectivity index (χ0) is 16.7. The monoisotopic (exact) mass is 332 g/mol. The van der Waals surface area contributed by atoms with E-state index in [1.54, 1.807) is 0 Å². The van der Waals surface area contributed by atoms with Gasteiger partial charge >= 0.3 is 6.03 Å². The third-order valence-corrected chi connectivity index (χ3v) is 4.24. The summed E-state index contributed by atoms with van der Waals surface area (Å²) in [4.78, 5) is 27.8. The maximum Gasteiger partial charge on any atom is 0.315 e. The fourth-order valence-corrected chi connectivity index (χ4v) is 2.70. The molecule has 3 N–H and O–H groups in total. The molecular weight excluding hydrogens is 312 g/mol. The summed E-state index contributed by atoms with van der Waals surface area (Å²) in [5.74, 6) is -0.234. The topological polar surface area (TPSA) is 83.1 Å². The first-order valence-electron chi connectivity index (χ1n) is 7.31. The van der Waals surface area contributed by atoms with Gasteiger partial charge in [-0.15, -0.1) is 11.3 Å². The molecule has 0 bridgehead atoms. The first-order valence-corrected chi connectivity index (χ1v) is 8.19. The van der Waals surface area contributed by atoms with E-state index >= 15 is 0 Å². The van der Waals surface area contributed by atoms with E-state index in [9.17, 15) is 9.59 Å². The smallest absolute Gasteiger partial charge is 0.315 e. The molecule has 0 spiro atoms. The van der Waals surface area contributed by atoms with Gasteiger partial charge in [-0.05, 0) is 19.4 Å². The molecule has 2 rings (SSSR count). The summed E-state index contributed by atoms with van der Waals surface area (Å²) in [7, 11) is 0. The summed E-state index contributed by atoms with van der Waals surface area (Å²) in [5.41, 5.74) is 1.94. The average Bonchev–Trinajstić information content (AvgIpc) is 2.98. The Labute approximate surface area is 139 Å². The molecule has 0 aliphatic rings. The number of carbonyl (C=O) groups is 2. The van der Waals surface area contributed by atoms with Crippen molar-refractivity contribution >= 4 is 23.3 Å². The van der Waals surface area contributed by atoms with E-state index in [1.165, 1.54) is 11.3 Å². The molecule has 2 aromatic rings. The predicted molar refractivity (Wildman–Crippen MR) is 90.1 cm³/mol. The molecule has 23 heavy (non-hydrogen) atoms. The molecule has 6 nitrogen and oxygen atoms in total. The van der Waals surface area contributed by atoms with Gasteiger partial charge in [0.25, 0.3) is 0 Å². The summed E-state index contributed by atoms with van der Waals surface area (Å²) in [6.45, 7) is 4.14. The largest absolute Gasteiger partial charge is 0.350 e. The molecule has 0 saturated heterocycles. The van der Waals surface area contributed by atoms with Crippen LogP contribution in [0.5, 0.6) is 0 Å². The van der Waals surface area contributed by atoms with Crippen LogP contribution >= 0.6 is 11.3 Å². The Balaban J connectivity index is 1.68. The van der Waals surface area contributed by atoms with Crippen LogP contribution in [0.3, 0.4) is 0 Å². The molecule has 0 aliphatic heterocycles. The van der Waals surface area contributed by atoms with E-state index < -0.39 is 0 Å². The lowest BCUT2D eigenvalue weighted by Crippen LogP contribution is -2.42. The number of urea groups is 1. The molecule has 0 unspecified atom stereocenters. The zero-order valence-corrected chi connectivity index (χ0v) is 13.9. The molecule has 0 radical (unpaired) electrons. The minimum absolute atomic E-state index is 0.0672. The van der Waals surface area contributed by atoms with Crippen molar-refractivity contribution in [1.29, 1.82) is 0 Å². The SMILES string of the molecule is Cc1csc([C@H](C)NC(=O)NCC(=O)NCc2ccccc2)n1. The first-order chi connectivity index (χ1) is 11.0. The van der Waals surface area contributed by atoms with Crippen LogP contribution in [-0.4, -0.2) is 23.5 Å². The van der Waals surface area contributed by atoms with Crippen LogP contribution in [-0.2, 0) is 11.3 Å². The van der Waals surface area contributed by atoms with Gasteiger partial charge in [-0.2, -0.15) is 0 Å². The number of thiazole rings is 1. The van der Waals surface area contributed by atoms with Crippen LogP contribution in [0.15, 0.2) is 35.7 Å². The van der Waals surface area contributed by atoms with Gasteiger partial charge in [0, 0.05) is 17.6 Å². The number of amides is 3. The molecule has 0 aliphatic carbocycles. The molecule has 7 heteroatoms. The summed E-state index contributed by atoms with van der Waals surface area (Å²) in [6, 6.07) is 9.02. The number of nitrogens with zero attached hydrogens (tertiary/aromatic N) is 1. The Morgan fingerprint density at radius 1 is 1.22 bits per heavy atom. The van der Waals surface area contributed by atoms with Gasteiger partial charge in [0.2, 0.25) is 5.91 Å². The van der Waals surface area contributed by atoms with Gasteiger partial charge in [0.1, 0.15) is 5.01 Å². The molecular formula is C16H20N4O2S. The molecule has 1 aromatic carbocycles. The molecule has 1 heterocycles. The molecule has 0 saturated carbocycles. The number of carbonyl (C=O) groups excluding carboxylic acids is 2. The predicted octanol–water partition coefficient (Wildman–Crippen LogP) is 2.13. The third kappa shape index (κ3) is 5.71. The van der Waals surface area contributed by atoms with Crippen LogP contribution in [0, 0.1) is 6.92 Å². The van der Waals surface area contributed by atoms with E-state index in [4.69, 9.17) is 0 Å². The quantitative estimate of drug-likeness (QED) is 0.758. The maximum absolute atomic E-state index is 11.8. The van der Waals surface area contributed by atoms with Crippen molar-refractivity contribution in [3.05, 3.63) is 52.0 Å². The lowest BCUT2D eigenvalue weighted by Gasteiger charge is -2.12. The highest BCUT2D eigenvalue weighted by Crippen LogP contribution is 2.16. The van der Waals surface area contributed by atoms with E-state index in [0.29, 0.717) is 6.54 Å². The summed E-state index contributed by atoms with van der Waals surface area (Å²) < 4.78 is 0. The third-order valence-electron chi connectivity index (χ3n) is 3.10. The number of hydrogen-bond donors (Lipinski definition) is 3. The van der Waals surface area contributed by atoms with Gasteiger partial charge in [0.15, 0.2) is 0 Å². The fraction of sp³-hybridized carbons (Fsp3) is 0.312. The lowest BCUT2D eigenvalue weighted by atomic mass is 10.2. The van der Waals surface area contributed by atoms with Gasteiger partial charge in [-0.3, -0.25) is 4.79 Å². The summed E-state index contributed by atoms with van der Waals surface area (Å²) in [6.07, 6.45) is 0. The number of nitrogens with one attached hydrogen (secondary N) is 3. The Hall–Kier alpha value is -2.41. The van der Waals surface area contributed by atoms with Gasteiger partial charge < -0.3 is 16.0 Å². The second-order valence-electron chi connectivity index (χ2n) is 5.14. The van der Waals surface area contributed by atoms with Gasteiger partial charge in [-0.1, -0.05) is 30.3 Å². The average molecular weight is 332 g/mol. The Bertz CT molecular complexity index is 657. The molecule has 1 atom stereocenters. The van der Waals surface area contributed by atoms with Gasteiger partial charge in [0.05, 0.1) is 12.6 Å². The van der Waals surface area contributed by atoms with Crippen molar-refractivity contribution in [2.24, 2.45) is 0 Å². The Kier molecular flexibility index (Phi) is 6.10. The normalized spacial score (nSPS) is 11.6. The second-order valence-corrected chi connectivity index (χ2v) is 6.03. The van der Waals surface area contributed by atoms with Crippen molar-refractivity contribution in [2.45, 2.75) is 26.4 Å². The van der Waals surface area contributed by atoms with Crippen LogP contribution in [0.4, 0.5) is 4.79 Å². The van der Waals surface area contributed by atoms with Crippen molar-refractivity contribution in [3.63, 3.8) is 0 Å². The Morgan fingerprint density at radius 3 is 2.61 bits per heavy atom. The van der Waals surface area contributed by atoms with E-state index in [2.05, 4.69) is 20.9 Å². The molecule has 3 amide bonds. The van der Waals surface area contributed by atoms with Crippen LogP contribution < -0.4 is 16.0 Å². The highest BCUT2D eigenvalue weighted by Gasteiger charge is 2.13. The fourth-order valence-electron chi connectivity index (χ4n) is 1.90. The van der Waals surface area contributed by atoms with Crippen LogP contribution in [0.1, 0.15) is 29.2 Å². The van der Waals surface area contributed by atoms with Crippen LogP contribution in [0.25, 0.3) is 0 Å². The Morgan fingerprint density at radius 2 is 1.96 bits per heavy atom. The maximum atomic E-state index is 11.8. The molecule has 122 valence electrons. The summed E-state index contributed by atoms with van der Waals surface area (Å²) in [5, 5.41) is 10.8.